The molecule has 0 bridgehead atoms. The van der Waals surface area contributed by atoms with Crippen LogP contribution in [0.2, 0.25) is 0 Å². The molecule has 0 aliphatic heterocycles. The van der Waals surface area contributed by atoms with Gasteiger partial charge in [-0.1, -0.05) is 38.1 Å². The molecule has 0 saturated heterocycles. The predicted octanol–water partition coefficient (Wildman–Crippen LogP) is 3.49. The Morgan fingerprint density at radius 2 is 1.83 bits per heavy atom. The van der Waals surface area contributed by atoms with E-state index in [2.05, 4.69) is 11.9 Å². The van der Waals surface area contributed by atoms with Crippen molar-refractivity contribution in [3.63, 3.8) is 0 Å². The summed E-state index contributed by atoms with van der Waals surface area (Å²) in [5.41, 5.74) is -0.710. The van der Waals surface area contributed by atoms with Crippen LogP contribution in [0.5, 0.6) is 5.75 Å². The minimum absolute atomic E-state index is 0.196. The van der Waals surface area contributed by atoms with Gasteiger partial charge in [0.1, 0.15) is 5.75 Å². The number of hydrogen-bond acceptors (Lipinski definition) is 2. The van der Waals surface area contributed by atoms with Gasteiger partial charge in [0.05, 0.1) is 12.8 Å². The molecule has 1 rings (SSSR count). The maximum absolute atomic E-state index is 12.5. The summed E-state index contributed by atoms with van der Waals surface area (Å²) in [4.78, 5) is 3.55. The Hall–Kier alpha value is -1.20. The lowest BCUT2D eigenvalue weighted by Crippen LogP contribution is -2.34. The van der Waals surface area contributed by atoms with E-state index in [-0.39, 0.29) is 5.75 Å². The number of nitrogens with zero attached hydrogens (tertiary/aromatic N) is 1. The third kappa shape index (κ3) is 5.43. The lowest BCUT2D eigenvalue weighted by atomic mass is 9.81. The smallest absolute Gasteiger partial charge is 0.492 e. The summed E-state index contributed by atoms with van der Waals surface area (Å²) in [6.45, 7) is -2.42. The van der Waals surface area contributed by atoms with E-state index in [1.54, 1.807) is 0 Å². The highest BCUT2D eigenvalue weighted by Crippen LogP contribution is 2.13. The molecule has 102 valence electrons. The Bertz CT molecular complexity index is 357. The number of halogens is 3. The molecule has 0 saturated carbocycles. The molecular formula is C12H18BF3NO-. The van der Waals surface area contributed by atoms with E-state index >= 15 is 0 Å². The standard InChI is InChI=1S/C12H18BF3NO/c1-2-3-4-5-6-7-18-12-8-11(9-17-10-12)13(14,15)16/h8-10H,2-7H2,1H3/q-1. The molecule has 1 heterocycles. The summed E-state index contributed by atoms with van der Waals surface area (Å²) in [7, 11) is 0. The van der Waals surface area contributed by atoms with Crippen molar-refractivity contribution in [3.05, 3.63) is 18.5 Å². The molecule has 18 heavy (non-hydrogen) atoms. The lowest BCUT2D eigenvalue weighted by Gasteiger charge is -2.15. The number of pyridine rings is 1. The Balaban J connectivity index is 2.34. The number of unbranched alkanes of at least 4 members (excludes halogenated alkanes) is 4. The Morgan fingerprint density at radius 3 is 2.50 bits per heavy atom. The molecule has 0 aliphatic carbocycles. The fourth-order valence-electron chi connectivity index (χ4n) is 1.59. The zero-order chi connectivity index (χ0) is 13.4. The van der Waals surface area contributed by atoms with Gasteiger partial charge in [-0.25, -0.2) is 0 Å². The summed E-state index contributed by atoms with van der Waals surface area (Å²) < 4.78 is 42.7. The van der Waals surface area contributed by atoms with Crippen molar-refractivity contribution in [2.24, 2.45) is 0 Å². The third-order valence-electron chi connectivity index (χ3n) is 2.63. The lowest BCUT2D eigenvalue weighted by molar-refractivity contribution is 0.303. The topological polar surface area (TPSA) is 22.1 Å². The van der Waals surface area contributed by atoms with E-state index in [1.807, 2.05) is 0 Å². The van der Waals surface area contributed by atoms with E-state index in [1.165, 1.54) is 19.0 Å². The summed E-state index contributed by atoms with van der Waals surface area (Å²) >= 11 is 0. The fraction of sp³-hybridized carbons (Fsp3) is 0.583. The maximum atomic E-state index is 12.5. The van der Waals surface area contributed by atoms with Crippen molar-refractivity contribution < 1.29 is 17.7 Å². The molecule has 1 aromatic rings. The third-order valence-corrected chi connectivity index (χ3v) is 2.63. The van der Waals surface area contributed by atoms with Gasteiger partial charge in [-0.15, -0.1) is 0 Å². The van der Waals surface area contributed by atoms with E-state index in [4.69, 9.17) is 4.74 Å². The number of aromatic nitrogens is 1. The molecule has 0 amide bonds. The van der Waals surface area contributed by atoms with Crippen molar-refractivity contribution in [1.82, 2.24) is 4.98 Å². The first-order chi connectivity index (χ1) is 8.54. The van der Waals surface area contributed by atoms with Gasteiger partial charge < -0.3 is 17.7 Å². The van der Waals surface area contributed by atoms with E-state index in [9.17, 15) is 12.9 Å². The Labute approximate surface area is 106 Å². The van der Waals surface area contributed by atoms with E-state index < -0.39 is 12.4 Å². The molecule has 0 unspecified atom stereocenters. The van der Waals surface area contributed by atoms with Crippen LogP contribution in [0.15, 0.2) is 18.5 Å². The van der Waals surface area contributed by atoms with Gasteiger partial charge in [0.2, 0.25) is 0 Å². The molecule has 0 fully saturated rings. The minimum Gasteiger partial charge on any atom is -0.492 e. The van der Waals surface area contributed by atoms with Gasteiger partial charge in [0.15, 0.2) is 0 Å². The van der Waals surface area contributed by atoms with Crippen molar-refractivity contribution >= 4 is 12.4 Å². The van der Waals surface area contributed by atoms with Crippen LogP contribution in [0.4, 0.5) is 12.9 Å². The van der Waals surface area contributed by atoms with Crippen LogP contribution in [-0.4, -0.2) is 18.6 Å². The predicted molar refractivity (Wildman–Crippen MR) is 67.2 cm³/mol. The number of ether oxygens (including phenoxy) is 1. The Morgan fingerprint density at radius 1 is 1.11 bits per heavy atom. The second-order valence-electron chi connectivity index (χ2n) is 4.29. The first-order valence-corrected chi connectivity index (χ1v) is 6.31. The molecule has 6 heteroatoms. The maximum Gasteiger partial charge on any atom is 0.511 e. The molecule has 0 radical (unpaired) electrons. The van der Waals surface area contributed by atoms with Crippen molar-refractivity contribution in [2.45, 2.75) is 39.0 Å². The average molecular weight is 260 g/mol. The average Bonchev–Trinajstić information content (AvgIpc) is 2.33. The van der Waals surface area contributed by atoms with Crippen molar-refractivity contribution in [2.75, 3.05) is 6.61 Å². The largest absolute Gasteiger partial charge is 0.511 e. The van der Waals surface area contributed by atoms with Gasteiger partial charge in [0.25, 0.3) is 0 Å². The molecule has 0 atom stereocenters. The molecule has 1 aromatic heterocycles. The van der Waals surface area contributed by atoms with Gasteiger partial charge in [-0.2, -0.15) is 0 Å². The first-order valence-electron chi connectivity index (χ1n) is 6.31. The van der Waals surface area contributed by atoms with Gasteiger partial charge in [-0.3, -0.25) is 4.98 Å². The van der Waals surface area contributed by atoms with Crippen LogP contribution in [0, 0.1) is 0 Å². The van der Waals surface area contributed by atoms with Crippen LogP contribution >= 0.6 is 0 Å². The number of hydrogen-bond donors (Lipinski definition) is 0. The molecular weight excluding hydrogens is 242 g/mol. The normalized spacial score (nSPS) is 11.6. The van der Waals surface area contributed by atoms with Crippen LogP contribution < -0.4 is 10.2 Å². The monoisotopic (exact) mass is 260 g/mol. The van der Waals surface area contributed by atoms with Crippen molar-refractivity contribution in [1.29, 1.82) is 0 Å². The molecule has 0 N–H and O–H groups in total. The minimum atomic E-state index is -5.00. The molecule has 2 nitrogen and oxygen atoms in total. The second-order valence-corrected chi connectivity index (χ2v) is 4.29. The summed E-state index contributed by atoms with van der Waals surface area (Å²) in [5, 5.41) is 0. The second kappa shape index (κ2) is 7.29. The fourth-order valence-corrected chi connectivity index (χ4v) is 1.59. The molecule has 0 aliphatic rings. The quantitative estimate of drug-likeness (QED) is 0.527. The van der Waals surface area contributed by atoms with Gasteiger partial charge in [-0.05, 0) is 12.5 Å². The van der Waals surface area contributed by atoms with E-state index in [0.717, 1.165) is 31.5 Å². The van der Waals surface area contributed by atoms with Crippen LogP contribution in [0.1, 0.15) is 39.0 Å². The van der Waals surface area contributed by atoms with E-state index in [0.29, 0.717) is 6.61 Å². The summed E-state index contributed by atoms with van der Waals surface area (Å²) in [6, 6.07) is 1.01. The van der Waals surface area contributed by atoms with Crippen LogP contribution in [0.25, 0.3) is 0 Å². The zero-order valence-electron chi connectivity index (χ0n) is 10.5. The van der Waals surface area contributed by atoms with Crippen molar-refractivity contribution in [3.8, 4) is 5.75 Å². The first kappa shape index (κ1) is 14.9. The van der Waals surface area contributed by atoms with Gasteiger partial charge >= 0.3 is 6.98 Å². The van der Waals surface area contributed by atoms with Crippen LogP contribution in [0.3, 0.4) is 0 Å². The number of rotatable bonds is 8. The highest BCUT2D eigenvalue weighted by Gasteiger charge is 2.26. The van der Waals surface area contributed by atoms with Gasteiger partial charge in [0, 0.05) is 6.20 Å². The molecule has 0 aromatic carbocycles. The summed E-state index contributed by atoms with van der Waals surface area (Å²) in [5.74, 6) is 0.196. The van der Waals surface area contributed by atoms with Crippen LogP contribution in [-0.2, 0) is 0 Å². The zero-order valence-corrected chi connectivity index (χ0v) is 10.5. The highest BCUT2D eigenvalue weighted by molar-refractivity contribution is 6.73. The Kier molecular flexibility index (Phi) is 6.02. The highest BCUT2D eigenvalue weighted by atomic mass is 19.4. The summed E-state index contributed by atoms with van der Waals surface area (Å²) in [6.07, 6.45) is 7.55. The SMILES string of the molecule is CCCCCCCOc1cncc([B-](F)(F)F)c1. The molecule has 0 spiro atoms.